The third-order valence-corrected chi connectivity index (χ3v) is 4.45. The molecule has 1 atom stereocenters. The number of primary amides is 1. The van der Waals surface area contributed by atoms with E-state index in [1.165, 1.54) is 17.0 Å². The third kappa shape index (κ3) is 3.61. The lowest BCUT2D eigenvalue weighted by Crippen LogP contribution is -2.42. The fourth-order valence-electron chi connectivity index (χ4n) is 1.84. The summed E-state index contributed by atoms with van der Waals surface area (Å²) in [7, 11) is 1.53. The highest BCUT2D eigenvalue weighted by Gasteiger charge is 2.20. The normalized spacial score (nSPS) is 13.1. The topological polar surface area (TPSA) is 80.5 Å². The van der Waals surface area contributed by atoms with Crippen molar-refractivity contribution in [2.45, 2.75) is 38.1 Å². The Hall–Kier alpha value is -1.27. The van der Waals surface area contributed by atoms with Crippen LogP contribution < -0.4 is 10.6 Å². The average Bonchev–Trinajstić information content (AvgIpc) is 2.26. The molecule has 0 spiro atoms. The summed E-state index contributed by atoms with van der Waals surface area (Å²) in [6, 6.07) is 3.85. The molecule has 0 radical (unpaired) electrons. The summed E-state index contributed by atoms with van der Waals surface area (Å²) in [6.07, 6.45) is 0.734. The first-order chi connectivity index (χ1) is 8.68. The molecule has 1 aromatic rings. The van der Waals surface area contributed by atoms with Crippen LogP contribution >= 0.6 is 10.7 Å². The van der Waals surface area contributed by atoms with Gasteiger partial charge in [-0.2, -0.15) is 0 Å². The predicted molar refractivity (Wildman–Crippen MR) is 76.0 cm³/mol. The van der Waals surface area contributed by atoms with Crippen LogP contribution in [0.4, 0.5) is 10.5 Å². The maximum absolute atomic E-state index is 11.5. The molecular weight excluding hydrogens is 288 g/mol. The molecule has 0 aliphatic rings. The van der Waals surface area contributed by atoms with E-state index >= 15 is 0 Å². The molecule has 0 saturated carbocycles. The molecule has 0 fully saturated rings. The van der Waals surface area contributed by atoms with Crippen LogP contribution in [0.1, 0.15) is 25.8 Å². The van der Waals surface area contributed by atoms with Crippen LogP contribution in [0.15, 0.2) is 23.1 Å². The van der Waals surface area contributed by atoms with Crippen molar-refractivity contribution >= 4 is 31.5 Å². The van der Waals surface area contributed by atoms with Crippen molar-refractivity contribution in [2.75, 3.05) is 4.90 Å². The van der Waals surface area contributed by atoms with Gasteiger partial charge in [0.05, 0.1) is 4.90 Å². The van der Waals surface area contributed by atoms with Crippen molar-refractivity contribution in [3.8, 4) is 0 Å². The van der Waals surface area contributed by atoms with E-state index in [0.29, 0.717) is 11.3 Å². The highest BCUT2D eigenvalue weighted by Crippen LogP contribution is 2.26. The molecule has 0 bridgehead atoms. The highest BCUT2D eigenvalue weighted by molar-refractivity contribution is 8.13. The van der Waals surface area contributed by atoms with E-state index in [9.17, 15) is 13.2 Å². The molecule has 0 heterocycles. The molecule has 0 aliphatic carbocycles. The van der Waals surface area contributed by atoms with Crippen molar-refractivity contribution < 1.29 is 13.2 Å². The zero-order valence-electron chi connectivity index (χ0n) is 11.1. The number of urea groups is 1. The van der Waals surface area contributed by atoms with Gasteiger partial charge in [0.25, 0.3) is 9.05 Å². The number of nitrogens with zero attached hydrogens (tertiary/aromatic N) is 1. The van der Waals surface area contributed by atoms with Gasteiger partial charge in [-0.25, -0.2) is 13.2 Å². The van der Waals surface area contributed by atoms with Crippen molar-refractivity contribution in [3.05, 3.63) is 23.8 Å². The second kappa shape index (κ2) is 5.79. The van der Waals surface area contributed by atoms with Crippen LogP contribution in [0.5, 0.6) is 0 Å². The van der Waals surface area contributed by atoms with Gasteiger partial charge >= 0.3 is 6.03 Å². The number of amides is 2. The number of aryl methyl sites for hydroxylation is 1. The second-order valence-electron chi connectivity index (χ2n) is 4.35. The Morgan fingerprint density at radius 3 is 2.42 bits per heavy atom. The van der Waals surface area contributed by atoms with Gasteiger partial charge in [0.1, 0.15) is 0 Å². The van der Waals surface area contributed by atoms with Crippen LogP contribution in [0.2, 0.25) is 0 Å². The van der Waals surface area contributed by atoms with Gasteiger partial charge in [-0.1, -0.05) is 6.92 Å². The fraction of sp³-hybridized carbons (Fsp3) is 0.417. The van der Waals surface area contributed by atoms with Crippen LogP contribution in [0, 0.1) is 6.92 Å². The van der Waals surface area contributed by atoms with Gasteiger partial charge in [-0.3, -0.25) is 4.90 Å². The molecule has 19 heavy (non-hydrogen) atoms. The van der Waals surface area contributed by atoms with Crippen LogP contribution in [0.25, 0.3) is 0 Å². The highest BCUT2D eigenvalue weighted by atomic mass is 35.7. The Morgan fingerprint density at radius 1 is 1.47 bits per heavy atom. The molecule has 0 aromatic heterocycles. The molecule has 0 unspecified atom stereocenters. The summed E-state index contributed by atoms with van der Waals surface area (Å²) in [6.45, 7) is 5.42. The third-order valence-electron chi connectivity index (χ3n) is 2.97. The summed E-state index contributed by atoms with van der Waals surface area (Å²) in [5, 5.41) is 0. The standard InChI is InChI=1S/C12H17ClN2O3S/c1-4-9(3)15(12(14)16)10-5-6-11(8(2)7-10)19(13,17)18/h5-7,9H,4H2,1-3H3,(H2,14,16)/t9-/m1/s1. The van der Waals surface area contributed by atoms with Crippen LogP contribution in [-0.4, -0.2) is 20.5 Å². The van der Waals surface area contributed by atoms with E-state index in [2.05, 4.69) is 0 Å². The minimum atomic E-state index is -3.78. The summed E-state index contributed by atoms with van der Waals surface area (Å²) < 4.78 is 22.6. The minimum Gasteiger partial charge on any atom is -0.351 e. The largest absolute Gasteiger partial charge is 0.351 e. The van der Waals surface area contributed by atoms with Gasteiger partial charge in [0, 0.05) is 22.4 Å². The predicted octanol–water partition coefficient (Wildman–Crippen LogP) is 2.61. The summed E-state index contributed by atoms with van der Waals surface area (Å²) in [4.78, 5) is 13.0. The van der Waals surface area contributed by atoms with Crippen LogP contribution in [0.3, 0.4) is 0 Å². The Balaban J connectivity index is 3.29. The molecule has 2 N–H and O–H groups in total. The lowest BCUT2D eigenvalue weighted by atomic mass is 10.1. The monoisotopic (exact) mass is 304 g/mol. The lowest BCUT2D eigenvalue weighted by molar-refractivity contribution is 0.252. The van der Waals surface area contributed by atoms with E-state index in [1.54, 1.807) is 13.0 Å². The first-order valence-corrected chi connectivity index (χ1v) is 8.13. The van der Waals surface area contributed by atoms with Gasteiger partial charge in [0.2, 0.25) is 0 Å². The molecule has 1 aromatic carbocycles. The molecule has 2 amide bonds. The first kappa shape index (κ1) is 15.8. The van der Waals surface area contributed by atoms with Crippen LogP contribution in [-0.2, 0) is 9.05 Å². The van der Waals surface area contributed by atoms with Crippen molar-refractivity contribution in [1.82, 2.24) is 0 Å². The van der Waals surface area contributed by atoms with Gasteiger partial charge in [-0.15, -0.1) is 0 Å². The number of halogens is 1. The minimum absolute atomic E-state index is 0.0338. The molecule has 0 saturated heterocycles. The molecule has 5 nitrogen and oxygen atoms in total. The lowest BCUT2D eigenvalue weighted by Gasteiger charge is -2.27. The number of nitrogens with two attached hydrogens (primary N) is 1. The second-order valence-corrected chi connectivity index (χ2v) is 6.89. The van der Waals surface area contributed by atoms with Gasteiger partial charge in [-0.05, 0) is 44.0 Å². The summed E-state index contributed by atoms with van der Waals surface area (Å²) >= 11 is 0. The summed E-state index contributed by atoms with van der Waals surface area (Å²) in [5.74, 6) is 0. The maximum atomic E-state index is 11.5. The zero-order valence-corrected chi connectivity index (χ0v) is 12.6. The Bertz CT molecular complexity index is 587. The van der Waals surface area contributed by atoms with Crippen molar-refractivity contribution in [2.24, 2.45) is 5.73 Å². The number of hydrogen-bond acceptors (Lipinski definition) is 3. The van der Waals surface area contributed by atoms with E-state index in [4.69, 9.17) is 16.4 Å². The SMILES string of the molecule is CC[C@@H](C)N(C(N)=O)c1ccc(S(=O)(=O)Cl)c(C)c1. The number of anilines is 1. The Labute approximate surface area is 117 Å². The van der Waals surface area contributed by atoms with E-state index in [-0.39, 0.29) is 10.9 Å². The molecule has 7 heteroatoms. The molecule has 1 rings (SSSR count). The average molecular weight is 305 g/mol. The number of benzene rings is 1. The number of carbonyl (C=O) groups is 1. The number of hydrogen-bond donors (Lipinski definition) is 1. The molecule has 106 valence electrons. The number of rotatable bonds is 4. The molecular formula is C12H17ClN2O3S. The van der Waals surface area contributed by atoms with E-state index < -0.39 is 15.1 Å². The smallest absolute Gasteiger partial charge is 0.319 e. The maximum Gasteiger partial charge on any atom is 0.319 e. The Kier molecular flexibility index (Phi) is 4.81. The van der Waals surface area contributed by atoms with Gasteiger partial charge in [0.15, 0.2) is 0 Å². The van der Waals surface area contributed by atoms with E-state index in [1.807, 2.05) is 13.8 Å². The summed E-state index contributed by atoms with van der Waals surface area (Å²) in [5.41, 5.74) is 6.39. The zero-order chi connectivity index (χ0) is 14.8. The Morgan fingerprint density at radius 2 is 2.05 bits per heavy atom. The number of carbonyl (C=O) groups excluding carboxylic acids is 1. The fourth-order valence-corrected chi connectivity index (χ4v) is 3.03. The molecule has 0 aliphatic heterocycles. The van der Waals surface area contributed by atoms with Crippen molar-refractivity contribution in [1.29, 1.82) is 0 Å². The van der Waals surface area contributed by atoms with Crippen molar-refractivity contribution in [3.63, 3.8) is 0 Å². The first-order valence-electron chi connectivity index (χ1n) is 5.82. The van der Waals surface area contributed by atoms with Gasteiger partial charge < -0.3 is 5.73 Å². The quantitative estimate of drug-likeness (QED) is 0.868. The van der Waals surface area contributed by atoms with E-state index in [0.717, 1.165) is 6.42 Å².